The highest BCUT2D eigenvalue weighted by Gasteiger charge is 2.33. The van der Waals surface area contributed by atoms with E-state index < -0.39 is 0 Å². The molecule has 5 heteroatoms. The number of amides is 1. The van der Waals surface area contributed by atoms with Crippen LogP contribution in [0.1, 0.15) is 82.5 Å². The van der Waals surface area contributed by atoms with Gasteiger partial charge in [0, 0.05) is 19.5 Å². The van der Waals surface area contributed by atoms with Crippen molar-refractivity contribution in [1.82, 2.24) is 19.7 Å². The maximum Gasteiger partial charge on any atom is 0.223 e. The first-order valence-electron chi connectivity index (χ1n) is 9.98. The van der Waals surface area contributed by atoms with Crippen molar-refractivity contribution in [3.63, 3.8) is 0 Å². The molecule has 0 aromatic carbocycles. The lowest BCUT2D eigenvalue weighted by Gasteiger charge is -2.35. The van der Waals surface area contributed by atoms with Gasteiger partial charge in [-0.25, -0.2) is 0 Å². The molecule has 2 saturated carbocycles. The lowest BCUT2D eigenvalue weighted by atomic mass is 9.98. The molecule has 1 saturated heterocycles. The van der Waals surface area contributed by atoms with Gasteiger partial charge in [0.1, 0.15) is 6.33 Å². The summed E-state index contributed by atoms with van der Waals surface area (Å²) in [7, 11) is 0. The lowest BCUT2D eigenvalue weighted by molar-refractivity contribution is -0.135. The molecule has 132 valence electrons. The number of hydrogen-bond donors (Lipinski definition) is 0. The third-order valence-corrected chi connectivity index (χ3v) is 6.16. The molecule has 0 radical (unpaired) electrons. The van der Waals surface area contributed by atoms with Crippen LogP contribution in [0, 0.1) is 11.8 Å². The van der Waals surface area contributed by atoms with Crippen molar-refractivity contribution >= 4 is 5.91 Å². The molecule has 4 rings (SSSR count). The molecule has 3 aliphatic rings. The molecule has 1 aliphatic heterocycles. The number of aromatic nitrogens is 3. The molecule has 0 N–H and O–H groups in total. The topological polar surface area (TPSA) is 51.0 Å². The van der Waals surface area contributed by atoms with Gasteiger partial charge in [0.2, 0.25) is 5.91 Å². The number of nitrogens with zero attached hydrogens (tertiary/aromatic N) is 4. The Morgan fingerprint density at radius 1 is 1.04 bits per heavy atom. The van der Waals surface area contributed by atoms with Gasteiger partial charge in [0.05, 0.1) is 6.04 Å². The van der Waals surface area contributed by atoms with Gasteiger partial charge in [-0.3, -0.25) is 4.79 Å². The first kappa shape index (κ1) is 16.1. The Kier molecular flexibility index (Phi) is 4.86. The van der Waals surface area contributed by atoms with Gasteiger partial charge in [-0.05, 0) is 50.4 Å². The van der Waals surface area contributed by atoms with Gasteiger partial charge in [0.15, 0.2) is 5.82 Å². The summed E-state index contributed by atoms with van der Waals surface area (Å²) in [5.41, 5.74) is 0. The number of rotatable bonds is 6. The molecule has 0 unspecified atom stereocenters. The summed E-state index contributed by atoms with van der Waals surface area (Å²) in [6.07, 6.45) is 15.0. The van der Waals surface area contributed by atoms with Crippen LogP contribution in [0.5, 0.6) is 0 Å². The minimum absolute atomic E-state index is 0.149. The summed E-state index contributed by atoms with van der Waals surface area (Å²) in [4.78, 5) is 15.0. The summed E-state index contributed by atoms with van der Waals surface area (Å²) in [6, 6.07) is 0.149. The molecule has 2 aliphatic carbocycles. The summed E-state index contributed by atoms with van der Waals surface area (Å²) < 4.78 is 2.21. The smallest absolute Gasteiger partial charge is 0.223 e. The summed E-state index contributed by atoms with van der Waals surface area (Å²) in [6.45, 7) is 1.92. The first-order chi connectivity index (χ1) is 11.8. The number of piperidine rings is 1. The largest absolute Gasteiger partial charge is 0.332 e. The zero-order valence-corrected chi connectivity index (χ0v) is 14.7. The molecule has 1 aromatic heterocycles. The maximum absolute atomic E-state index is 12.9. The SMILES string of the molecule is O=C(CCC1CCCC1)N1CCCC[C@H]1c1nncn1CC1CC1. The van der Waals surface area contributed by atoms with Gasteiger partial charge in [-0.15, -0.1) is 10.2 Å². The lowest BCUT2D eigenvalue weighted by Crippen LogP contribution is -2.39. The van der Waals surface area contributed by atoms with Crippen molar-refractivity contribution < 1.29 is 4.79 Å². The van der Waals surface area contributed by atoms with Gasteiger partial charge >= 0.3 is 0 Å². The van der Waals surface area contributed by atoms with Crippen LogP contribution in [-0.4, -0.2) is 32.1 Å². The van der Waals surface area contributed by atoms with E-state index in [0.29, 0.717) is 5.91 Å². The van der Waals surface area contributed by atoms with Crippen LogP contribution in [-0.2, 0) is 11.3 Å². The number of likely N-dealkylation sites (tertiary alicyclic amines) is 1. The highest BCUT2D eigenvalue weighted by molar-refractivity contribution is 5.76. The molecule has 1 atom stereocenters. The van der Waals surface area contributed by atoms with Gasteiger partial charge in [0.25, 0.3) is 0 Å². The molecular formula is C19H30N4O. The van der Waals surface area contributed by atoms with E-state index in [1.807, 2.05) is 6.33 Å². The fourth-order valence-electron chi connectivity index (χ4n) is 4.51. The van der Waals surface area contributed by atoms with Crippen LogP contribution in [0.3, 0.4) is 0 Å². The van der Waals surface area contributed by atoms with Crippen LogP contribution in [0.25, 0.3) is 0 Å². The van der Waals surface area contributed by atoms with Crippen LogP contribution in [0.4, 0.5) is 0 Å². The van der Waals surface area contributed by atoms with Crippen molar-refractivity contribution in [2.24, 2.45) is 11.8 Å². The van der Waals surface area contributed by atoms with Crippen LogP contribution in [0.2, 0.25) is 0 Å². The molecule has 1 aromatic rings. The standard InChI is InChI=1S/C19H30N4O/c24-18(11-10-15-5-1-2-6-15)23-12-4-3-7-17(23)19-21-20-14-22(19)13-16-8-9-16/h14-17H,1-13H2/t17-/m0/s1. The second-order valence-corrected chi connectivity index (χ2v) is 8.07. The fourth-order valence-corrected chi connectivity index (χ4v) is 4.51. The van der Waals surface area contributed by atoms with Crippen LogP contribution < -0.4 is 0 Å². The average molecular weight is 330 g/mol. The summed E-state index contributed by atoms with van der Waals surface area (Å²) in [5, 5.41) is 8.57. The van der Waals surface area contributed by atoms with E-state index in [1.54, 1.807) is 0 Å². The predicted octanol–water partition coefficient (Wildman–Crippen LogP) is 3.71. The fraction of sp³-hybridized carbons (Fsp3) is 0.842. The van der Waals surface area contributed by atoms with E-state index in [0.717, 1.165) is 56.4 Å². The molecular weight excluding hydrogens is 300 g/mol. The third-order valence-electron chi connectivity index (χ3n) is 6.16. The Morgan fingerprint density at radius 3 is 2.62 bits per heavy atom. The molecule has 3 fully saturated rings. The van der Waals surface area contributed by atoms with Crippen molar-refractivity contribution in [3.8, 4) is 0 Å². The normalized spacial score (nSPS) is 25.3. The predicted molar refractivity (Wildman–Crippen MR) is 92.2 cm³/mol. The quantitative estimate of drug-likeness (QED) is 0.799. The monoisotopic (exact) mass is 330 g/mol. The summed E-state index contributed by atoms with van der Waals surface area (Å²) in [5.74, 6) is 2.95. The van der Waals surface area contributed by atoms with Gasteiger partial charge < -0.3 is 9.47 Å². The molecule has 0 bridgehead atoms. The minimum Gasteiger partial charge on any atom is -0.332 e. The van der Waals surface area contributed by atoms with Crippen LogP contribution >= 0.6 is 0 Å². The summed E-state index contributed by atoms with van der Waals surface area (Å²) >= 11 is 0. The average Bonchev–Trinajstić information content (AvgIpc) is 3.09. The Balaban J connectivity index is 1.42. The van der Waals surface area contributed by atoms with E-state index in [2.05, 4.69) is 19.7 Å². The zero-order valence-electron chi connectivity index (χ0n) is 14.7. The number of hydrogen-bond acceptors (Lipinski definition) is 3. The zero-order chi connectivity index (χ0) is 16.4. The van der Waals surface area contributed by atoms with Crippen molar-refractivity contribution in [3.05, 3.63) is 12.2 Å². The Hall–Kier alpha value is -1.39. The van der Waals surface area contributed by atoms with Crippen molar-refractivity contribution in [2.45, 2.75) is 83.2 Å². The number of carbonyl (C=O) groups excluding carboxylic acids is 1. The van der Waals surface area contributed by atoms with E-state index in [-0.39, 0.29) is 6.04 Å². The van der Waals surface area contributed by atoms with E-state index in [1.165, 1.54) is 44.9 Å². The molecule has 0 spiro atoms. The van der Waals surface area contributed by atoms with E-state index in [9.17, 15) is 4.79 Å². The second-order valence-electron chi connectivity index (χ2n) is 8.07. The Morgan fingerprint density at radius 2 is 1.83 bits per heavy atom. The minimum atomic E-state index is 0.149. The van der Waals surface area contributed by atoms with Crippen molar-refractivity contribution in [1.29, 1.82) is 0 Å². The maximum atomic E-state index is 12.9. The highest BCUT2D eigenvalue weighted by Crippen LogP contribution is 2.35. The number of carbonyl (C=O) groups is 1. The Labute approximate surface area is 144 Å². The van der Waals surface area contributed by atoms with Crippen LogP contribution in [0.15, 0.2) is 6.33 Å². The second kappa shape index (κ2) is 7.24. The molecule has 2 heterocycles. The van der Waals surface area contributed by atoms with E-state index in [4.69, 9.17) is 0 Å². The van der Waals surface area contributed by atoms with Crippen molar-refractivity contribution in [2.75, 3.05) is 6.54 Å². The third kappa shape index (κ3) is 3.65. The first-order valence-corrected chi connectivity index (χ1v) is 9.98. The molecule has 1 amide bonds. The van der Waals surface area contributed by atoms with Gasteiger partial charge in [-0.1, -0.05) is 25.7 Å². The van der Waals surface area contributed by atoms with E-state index >= 15 is 0 Å². The molecule has 24 heavy (non-hydrogen) atoms. The van der Waals surface area contributed by atoms with Gasteiger partial charge in [-0.2, -0.15) is 0 Å². The molecule has 5 nitrogen and oxygen atoms in total. The highest BCUT2D eigenvalue weighted by atomic mass is 16.2. The Bertz CT molecular complexity index is 559.